The summed E-state index contributed by atoms with van der Waals surface area (Å²) >= 11 is 0. The number of benzene rings is 2. The lowest BCUT2D eigenvalue weighted by Gasteiger charge is -2.23. The number of fused-ring (bicyclic) bond motifs is 3. The number of piperidine rings is 1. The monoisotopic (exact) mass is 401 g/mol. The van der Waals surface area contributed by atoms with Crippen molar-refractivity contribution >= 4 is 28.1 Å². The van der Waals surface area contributed by atoms with Gasteiger partial charge in [-0.2, -0.15) is 5.10 Å². The Bertz CT molecular complexity index is 1300. The molecule has 1 aliphatic heterocycles. The van der Waals surface area contributed by atoms with Crippen LogP contribution in [-0.4, -0.2) is 33.6 Å². The summed E-state index contributed by atoms with van der Waals surface area (Å²) in [5, 5.41) is 11.9. The van der Waals surface area contributed by atoms with Gasteiger partial charge in [0.1, 0.15) is 5.65 Å². The van der Waals surface area contributed by atoms with E-state index in [1.54, 1.807) is 18.2 Å². The largest absolute Gasteiger partial charge is 0.321 e. The normalized spacial score (nSPS) is 15.0. The van der Waals surface area contributed by atoms with Gasteiger partial charge in [0.15, 0.2) is 0 Å². The van der Waals surface area contributed by atoms with Gasteiger partial charge in [-0.05, 0) is 57.1 Å². The van der Waals surface area contributed by atoms with Crippen LogP contribution < -0.4 is 16.2 Å². The highest BCUT2D eigenvalue weighted by Gasteiger charge is 2.22. The minimum atomic E-state index is -0.196. The molecule has 3 heterocycles. The number of rotatable bonds is 3. The molecule has 2 aromatic heterocycles. The zero-order chi connectivity index (χ0) is 20.7. The van der Waals surface area contributed by atoms with Crippen LogP contribution in [-0.2, 0) is 0 Å². The van der Waals surface area contributed by atoms with E-state index in [-0.39, 0.29) is 17.4 Å². The second-order valence-electron chi connectivity index (χ2n) is 7.86. The Balaban J connectivity index is 1.62. The molecule has 2 aromatic carbocycles. The molecule has 0 atom stereocenters. The van der Waals surface area contributed by atoms with Crippen molar-refractivity contribution in [2.24, 2.45) is 0 Å². The predicted molar refractivity (Wildman–Crippen MR) is 117 cm³/mol. The van der Waals surface area contributed by atoms with Crippen molar-refractivity contribution in [1.82, 2.24) is 19.9 Å². The van der Waals surface area contributed by atoms with Gasteiger partial charge in [0.25, 0.3) is 11.5 Å². The van der Waals surface area contributed by atoms with Gasteiger partial charge in [-0.15, -0.1) is 0 Å². The topological polar surface area (TPSA) is 91.3 Å². The number of aryl methyl sites for hydroxylation is 1. The molecule has 152 valence electrons. The number of nitrogens with zero attached hydrogens (tertiary/aromatic N) is 2. The quantitative estimate of drug-likeness (QED) is 0.492. The highest BCUT2D eigenvalue weighted by molar-refractivity contribution is 6.11. The van der Waals surface area contributed by atoms with Crippen LogP contribution in [0.25, 0.3) is 16.6 Å². The highest BCUT2D eigenvalue weighted by Crippen LogP contribution is 2.30. The molecular formula is C23H23N5O2. The maximum Gasteiger partial charge on any atom is 0.255 e. The average molecular weight is 401 g/mol. The van der Waals surface area contributed by atoms with Crippen molar-refractivity contribution in [3.8, 4) is 0 Å². The number of carbonyl (C=O) groups excluding carboxylic acids is 1. The first-order chi connectivity index (χ1) is 14.6. The van der Waals surface area contributed by atoms with Gasteiger partial charge in [-0.25, -0.2) is 4.52 Å². The van der Waals surface area contributed by atoms with Gasteiger partial charge in [0.05, 0.1) is 22.3 Å². The third kappa shape index (κ3) is 3.27. The fraction of sp³-hybridized carbons (Fsp3) is 0.261. The van der Waals surface area contributed by atoms with Crippen molar-refractivity contribution in [3.63, 3.8) is 0 Å². The fourth-order valence-corrected chi connectivity index (χ4v) is 4.20. The molecule has 7 heteroatoms. The first-order valence-corrected chi connectivity index (χ1v) is 10.2. The smallest absolute Gasteiger partial charge is 0.255 e. The summed E-state index contributed by atoms with van der Waals surface area (Å²) in [7, 11) is 0. The number of anilines is 1. The third-order valence-electron chi connectivity index (χ3n) is 5.78. The molecule has 1 amide bonds. The lowest BCUT2D eigenvalue weighted by atomic mass is 9.94. The molecular weight excluding hydrogens is 378 g/mol. The van der Waals surface area contributed by atoms with E-state index < -0.39 is 0 Å². The second kappa shape index (κ2) is 7.42. The first-order valence-electron chi connectivity index (χ1n) is 10.2. The number of aromatic nitrogens is 3. The summed E-state index contributed by atoms with van der Waals surface area (Å²) in [6.45, 7) is 3.84. The number of carbonyl (C=O) groups is 1. The van der Waals surface area contributed by atoms with Crippen molar-refractivity contribution in [3.05, 3.63) is 75.7 Å². The third-order valence-corrected chi connectivity index (χ3v) is 5.78. The molecule has 30 heavy (non-hydrogen) atoms. The van der Waals surface area contributed by atoms with Crippen LogP contribution in [0.3, 0.4) is 0 Å². The van der Waals surface area contributed by atoms with E-state index in [2.05, 4.69) is 15.6 Å². The van der Waals surface area contributed by atoms with Gasteiger partial charge in [-0.1, -0.05) is 23.8 Å². The molecule has 0 bridgehead atoms. The highest BCUT2D eigenvalue weighted by atomic mass is 16.1. The van der Waals surface area contributed by atoms with Crippen LogP contribution in [0.4, 0.5) is 5.69 Å². The number of aromatic amines is 1. The molecule has 0 aliphatic carbocycles. The van der Waals surface area contributed by atoms with Crippen molar-refractivity contribution in [2.45, 2.75) is 25.7 Å². The van der Waals surface area contributed by atoms with Crippen molar-refractivity contribution in [2.75, 3.05) is 18.4 Å². The Kier molecular flexibility index (Phi) is 4.59. The molecule has 7 nitrogen and oxygen atoms in total. The van der Waals surface area contributed by atoms with Gasteiger partial charge in [0, 0.05) is 17.5 Å². The number of hydrogen-bond acceptors (Lipinski definition) is 4. The van der Waals surface area contributed by atoms with Crippen molar-refractivity contribution < 1.29 is 4.79 Å². The zero-order valence-electron chi connectivity index (χ0n) is 16.7. The summed E-state index contributed by atoms with van der Waals surface area (Å²) in [5.41, 5.74) is 4.42. The standard InChI is InChI=1S/C23H23N5O2/c1-14-5-7-16(8-6-14)23(30)25-17-3-2-4-18-21(17)22-26-20(29)13-19(28(22)27-18)15-9-11-24-12-10-15/h2-8,13,15,24H,9-12H2,1H3,(H,25,30)(H,26,29). The lowest BCUT2D eigenvalue weighted by Crippen LogP contribution is -2.28. The lowest BCUT2D eigenvalue weighted by molar-refractivity contribution is 0.102. The van der Waals surface area contributed by atoms with E-state index in [4.69, 9.17) is 5.10 Å². The summed E-state index contributed by atoms with van der Waals surface area (Å²) in [4.78, 5) is 28.2. The number of hydrogen-bond donors (Lipinski definition) is 3. The molecule has 1 aliphatic rings. The molecule has 1 saturated heterocycles. The predicted octanol–water partition coefficient (Wildman–Crippen LogP) is 3.20. The van der Waals surface area contributed by atoms with E-state index >= 15 is 0 Å². The van der Waals surface area contributed by atoms with Crippen LogP contribution in [0.1, 0.15) is 40.4 Å². The zero-order valence-corrected chi connectivity index (χ0v) is 16.7. The number of amides is 1. The molecule has 4 aromatic rings. The molecule has 0 radical (unpaired) electrons. The Labute approximate surface area is 173 Å². The Morgan fingerprint density at radius 1 is 1.13 bits per heavy atom. The minimum absolute atomic E-state index is 0.155. The summed E-state index contributed by atoms with van der Waals surface area (Å²) in [6.07, 6.45) is 1.93. The molecule has 1 fully saturated rings. The van der Waals surface area contributed by atoms with Gasteiger partial charge < -0.3 is 15.6 Å². The van der Waals surface area contributed by atoms with Crippen LogP contribution in [0.2, 0.25) is 0 Å². The molecule has 0 saturated carbocycles. The fourth-order valence-electron chi connectivity index (χ4n) is 4.20. The summed E-state index contributed by atoms with van der Waals surface area (Å²) in [6, 6.07) is 14.7. The van der Waals surface area contributed by atoms with Gasteiger partial charge in [0.2, 0.25) is 0 Å². The Morgan fingerprint density at radius 3 is 2.67 bits per heavy atom. The second-order valence-corrected chi connectivity index (χ2v) is 7.86. The van der Waals surface area contributed by atoms with E-state index in [0.29, 0.717) is 16.9 Å². The van der Waals surface area contributed by atoms with E-state index in [1.165, 1.54) is 0 Å². The first kappa shape index (κ1) is 18.6. The number of H-pyrrole nitrogens is 1. The van der Waals surface area contributed by atoms with Crippen LogP contribution in [0.5, 0.6) is 0 Å². The van der Waals surface area contributed by atoms with Crippen LogP contribution >= 0.6 is 0 Å². The molecule has 5 rings (SSSR count). The summed E-state index contributed by atoms with van der Waals surface area (Å²) < 4.78 is 1.84. The van der Waals surface area contributed by atoms with E-state index in [0.717, 1.165) is 48.1 Å². The Hall–Kier alpha value is -3.45. The van der Waals surface area contributed by atoms with Gasteiger partial charge >= 0.3 is 0 Å². The van der Waals surface area contributed by atoms with Crippen LogP contribution in [0, 0.1) is 6.92 Å². The summed E-state index contributed by atoms with van der Waals surface area (Å²) in [5.74, 6) is 0.0784. The Morgan fingerprint density at radius 2 is 1.90 bits per heavy atom. The maximum absolute atomic E-state index is 12.8. The maximum atomic E-state index is 12.8. The minimum Gasteiger partial charge on any atom is -0.321 e. The SMILES string of the molecule is Cc1ccc(C(=O)Nc2cccc3nn4c(C5CCNCC5)cc(=O)[nH]c4c23)cc1. The molecule has 0 unspecified atom stereocenters. The van der Waals surface area contributed by atoms with Crippen LogP contribution in [0.15, 0.2) is 53.3 Å². The average Bonchev–Trinajstić information content (AvgIpc) is 3.13. The molecule has 3 N–H and O–H groups in total. The van der Waals surface area contributed by atoms with Gasteiger partial charge in [-0.3, -0.25) is 9.59 Å². The van der Waals surface area contributed by atoms with E-state index in [9.17, 15) is 9.59 Å². The van der Waals surface area contributed by atoms with Crippen molar-refractivity contribution in [1.29, 1.82) is 0 Å². The number of nitrogens with one attached hydrogen (secondary N) is 3. The van der Waals surface area contributed by atoms with E-state index in [1.807, 2.05) is 41.8 Å². The molecule has 0 spiro atoms.